The Bertz CT molecular complexity index is 988. The van der Waals surface area contributed by atoms with Crippen molar-refractivity contribution in [1.29, 1.82) is 0 Å². The van der Waals surface area contributed by atoms with Gasteiger partial charge >= 0.3 is 5.97 Å². The van der Waals surface area contributed by atoms with Gasteiger partial charge in [0.25, 0.3) is 5.91 Å². The van der Waals surface area contributed by atoms with Crippen LogP contribution in [0.1, 0.15) is 38.3 Å². The molecule has 0 N–H and O–H groups in total. The maximum absolute atomic E-state index is 13.6. The summed E-state index contributed by atoms with van der Waals surface area (Å²) >= 11 is 0. The van der Waals surface area contributed by atoms with Crippen molar-refractivity contribution in [3.05, 3.63) is 59.4 Å². The molecule has 2 aromatic rings. The molecule has 0 bridgehead atoms. The van der Waals surface area contributed by atoms with Crippen LogP contribution in [0, 0.1) is 11.7 Å². The molecule has 0 radical (unpaired) electrons. The summed E-state index contributed by atoms with van der Waals surface area (Å²) in [5.41, 5.74) is 2.40. The lowest BCUT2D eigenvalue weighted by atomic mass is 9.97. The number of amides is 1. The third-order valence-electron chi connectivity index (χ3n) is 5.43. The second kappa shape index (κ2) is 9.73. The molecule has 0 aliphatic carbocycles. The van der Waals surface area contributed by atoms with Gasteiger partial charge in [0.1, 0.15) is 24.2 Å². The summed E-state index contributed by atoms with van der Waals surface area (Å²) in [5, 5.41) is 0. The molecule has 3 rings (SSSR count). The minimum Gasteiger partial charge on any atom is -0.497 e. The Hall–Kier alpha value is -3.22. The molecule has 0 aromatic heterocycles. The number of nitrogens with zero attached hydrogens (tertiary/aromatic N) is 2. The van der Waals surface area contributed by atoms with Crippen LogP contribution in [0.25, 0.3) is 0 Å². The zero-order valence-corrected chi connectivity index (χ0v) is 18.2. The standard InChI is InChI=1S/C24H27FN2O4/c1-5-15(3)22-24(29)27(14-21(28)31-6-2)20-12-11-18(30-4)13-19(20)23(26-22)16-7-9-17(25)10-8-16/h7-13,15,22H,5-6,14H2,1-4H3. The summed E-state index contributed by atoms with van der Waals surface area (Å²) in [4.78, 5) is 32.1. The number of halogens is 1. The van der Waals surface area contributed by atoms with Crippen molar-refractivity contribution in [2.45, 2.75) is 33.2 Å². The zero-order valence-electron chi connectivity index (χ0n) is 18.2. The first-order chi connectivity index (χ1) is 14.9. The molecule has 6 nitrogen and oxygen atoms in total. The number of methoxy groups -OCH3 is 1. The first kappa shape index (κ1) is 22.5. The van der Waals surface area contributed by atoms with E-state index >= 15 is 0 Å². The third kappa shape index (κ3) is 4.76. The molecule has 164 valence electrons. The van der Waals surface area contributed by atoms with Gasteiger partial charge in [-0.2, -0.15) is 0 Å². The summed E-state index contributed by atoms with van der Waals surface area (Å²) in [5.74, 6) is -0.609. The fourth-order valence-electron chi connectivity index (χ4n) is 3.54. The number of rotatable bonds is 7. The number of hydrogen-bond acceptors (Lipinski definition) is 5. The second-order valence-corrected chi connectivity index (χ2v) is 7.43. The zero-order chi connectivity index (χ0) is 22.5. The normalized spacial score (nSPS) is 16.8. The van der Waals surface area contributed by atoms with Gasteiger partial charge in [0.15, 0.2) is 0 Å². The van der Waals surface area contributed by atoms with E-state index in [0.29, 0.717) is 28.3 Å². The predicted molar refractivity (Wildman–Crippen MR) is 117 cm³/mol. The molecular weight excluding hydrogens is 399 g/mol. The molecule has 2 atom stereocenters. The van der Waals surface area contributed by atoms with E-state index < -0.39 is 12.0 Å². The van der Waals surface area contributed by atoms with Crippen LogP contribution in [0.3, 0.4) is 0 Å². The van der Waals surface area contributed by atoms with E-state index in [9.17, 15) is 14.0 Å². The van der Waals surface area contributed by atoms with Crippen molar-refractivity contribution in [2.24, 2.45) is 10.9 Å². The van der Waals surface area contributed by atoms with Gasteiger partial charge in [0, 0.05) is 11.1 Å². The molecule has 1 heterocycles. The maximum atomic E-state index is 13.6. The van der Waals surface area contributed by atoms with Crippen LogP contribution in [0.2, 0.25) is 0 Å². The Labute approximate surface area is 181 Å². The molecule has 7 heteroatoms. The van der Waals surface area contributed by atoms with Crippen molar-refractivity contribution in [2.75, 3.05) is 25.2 Å². The molecule has 31 heavy (non-hydrogen) atoms. The highest BCUT2D eigenvalue weighted by Crippen LogP contribution is 2.33. The molecule has 0 spiro atoms. The fraction of sp³-hybridized carbons (Fsp3) is 0.375. The van der Waals surface area contributed by atoms with Crippen LogP contribution in [-0.4, -0.2) is 43.9 Å². The van der Waals surface area contributed by atoms with Crippen LogP contribution >= 0.6 is 0 Å². The van der Waals surface area contributed by atoms with Crippen molar-refractivity contribution in [3.63, 3.8) is 0 Å². The summed E-state index contributed by atoms with van der Waals surface area (Å²) in [6, 6.07) is 10.5. The molecule has 2 unspecified atom stereocenters. The van der Waals surface area contributed by atoms with E-state index in [4.69, 9.17) is 14.5 Å². The number of carbonyl (C=O) groups excluding carboxylic acids is 2. The highest BCUT2D eigenvalue weighted by Gasteiger charge is 2.36. The Morgan fingerprint density at radius 1 is 1.19 bits per heavy atom. The van der Waals surface area contributed by atoms with Gasteiger partial charge in [-0.1, -0.05) is 20.3 Å². The first-order valence-electron chi connectivity index (χ1n) is 10.4. The number of esters is 1. The van der Waals surface area contributed by atoms with Crippen molar-refractivity contribution in [1.82, 2.24) is 0 Å². The monoisotopic (exact) mass is 426 g/mol. The lowest BCUT2D eigenvalue weighted by molar-refractivity contribution is -0.142. The molecule has 1 aliphatic heterocycles. The topological polar surface area (TPSA) is 68.2 Å². The van der Waals surface area contributed by atoms with Gasteiger partial charge in [0.2, 0.25) is 0 Å². The predicted octanol–water partition coefficient (Wildman–Crippen LogP) is 4.00. The van der Waals surface area contributed by atoms with Crippen molar-refractivity contribution >= 4 is 23.3 Å². The summed E-state index contributed by atoms with van der Waals surface area (Å²) in [6.45, 7) is 5.67. The SMILES string of the molecule is CCOC(=O)CN1C(=O)C(C(C)CC)N=C(c2ccc(F)cc2)c2cc(OC)ccc21. The molecule has 1 amide bonds. The fourth-order valence-corrected chi connectivity index (χ4v) is 3.54. The highest BCUT2D eigenvalue weighted by atomic mass is 19.1. The lowest BCUT2D eigenvalue weighted by Gasteiger charge is -2.26. The van der Waals surface area contributed by atoms with Crippen molar-refractivity contribution < 1.29 is 23.5 Å². The van der Waals surface area contributed by atoms with Gasteiger partial charge in [-0.3, -0.25) is 19.5 Å². The average molecular weight is 426 g/mol. The summed E-state index contributed by atoms with van der Waals surface area (Å²) in [6.07, 6.45) is 0.726. The number of benzodiazepines with no additional fused rings is 1. The quantitative estimate of drug-likeness (QED) is 0.628. The lowest BCUT2D eigenvalue weighted by Crippen LogP contribution is -2.43. The summed E-state index contributed by atoms with van der Waals surface area (Å²) < 4.78 is 24.1. The van der Waals surface area contributed by atoms with Gasteiger partial charge in [0.05, 0.1) is 25.1 Å². The van der Waals surface area contributed by atoms with Gasteiger partial charge < -0.3 is 9.47 Å². The Balaban J connectivity index is 2.23. The van der Waals surface area contributed by atoms with Crippen LogP contribution in [0.5, 0.6) is 5.75 Å². The molecule has 0 saturated heterocycles. The number of carbonyl (C=O) groups is 2. The van der Waals surface area contributed by atoms with E-state index in [2.05, 4.69) is 0 Å². The van der Waals surface area contributed by atoms with Crippen LogP contribution < -0.4 is 9.64 Å². The average Bonchev–Trinajstić information content (AvgIpc) is 2.89. The number of hydrogen-bond donors (Lipinski definition) is 0. The third-order valence-corrected chi connectivity index (χ3v) is 5.43. The van der Waals surface area contributed by atoms with Crippen molar-refractivity contribution in [3.8, 4) is 5.75 Å². The molecule has 0 fully saturated rings. The number of benzene rings is 2. The summed E-state index contributed by atoms with van der Waals surface area (Å²) in [7, 11) is 1.55. The Morgan fingerprint density at radius 2 is 1.90 bits per heavy atom. The largest absolute Gasteiger partial charge is 0.497 e. The van der Waals surface area contributed by atoms with E-state index in [1.54, 1.807) is 44.4 Å². The first-order valence-corrected chi connectivity index (χ1v) is 10.4. The second-order valence-electron chi connectivity index (χ2n) is 7.43. The van der Waals surface area contributed by atoms with Crippen LogP contribution in [0.4, 0.5) is 10.1 Å². The Morgan fingerprint density at radius 3 is 2.52 bits per heavy atom. The van der Waals surface area contributed by atoms with Gasteiger partial charge in [-0.15, -0.1) is 0 Å². The number of ether oxygens (including phenoxy) is 2. The minimum atomic E-state index is -0.696. The minimum absolute atomic E-state index is 0.0659. The smallest absolute Gasteiger partial charge is 0.326 e. The Kier molecular flexibility index (Phi) is 7.05. The van der Waals surface area contributed by atoms with E-state index in [1.807, 2.05) is 13.8 Å². The van der Waals surface area contributed by atoms with Crippen LogP contribution in [0.15, 0.2) is 47.5 Å². The number of fused-ring (bicyclic) bond motifs is 1. The molecule has 2 aromatic carbocycles. The molecule has 0 saturated carbocycles. The number of anilines is 1. The van der Waals surface area contributed by atoms with E-state index in [0.717, 1.165) is 6.42 Å². The molecule has 1 aliphatic rings. The number of aliphatic imine (C=N–C) groups is 1. The van der Waals surface area contributed by atoms with E-state index in [1.165, 1.54) is 17.0 Å². The van der Waals surface area contributed by atoms with Gasteiger partial charge in [-0.25, -0.2) is 4.39 Å². The van der Waals surface area contributed by atoms with E-state index in [-0.39, 0.29) is 30.8 Å². The maximum Gasteiger partial charge on any atom is 0.326 e. The molecular formula is C24H27FN2O4. The van der Waals surface area contributed by atoms with Crippen LogP contribution in [-0.2, 0) is 14.3 Å². The highest BCUT2D eigenvalue weighted by molar-refractivity contribution is 6.20. The van der Waals surface area contributed by atoms with Gasteiger partial charge in [-0.05, 0) is 55.3 Å².